The summed E-state index contributed by atoms with van der Waals surface area (Å²) >= 11 is 0. The second-order valence-corrected chi connectivity index (χ2v) is 21.5. The Bertz CT molecular complexity index is 279. The molecule has 16 heavy (non-hydrogen) atoms. The maximum absolute atomic E-state index is 2.44. The third-order valence-corrected chi connectivity index (χ3v) is 6.51. The molecule has 0 heterocycles. The van der Waals surface area contributed by atoms with Gasteiger partial charge in [0.25, 0.3) is 0 Å². The van der Waals surface area contributed by atoms with Gasteiger partial charge in [-0.1, -0.05) is 13.2 Å². The van der Waals surface area contributed by atoms with Gasteiger partial charge in [-0.15, -0.1) is 0 Å². The molecule has 1 aliphatic carbocycles. The summed E-state index contributed by atoms with van der Waals surface area (Å²) in [6.07, 6.45) is 9.27. The van der Waals surface area contributed by atoms with Crippen molar-refractivity contribution in [3.63, 3.8) is 0 Å². The van der Waals surface area contributed by atoms with E-state index in [1.807, 2.05) is 0 Å². The molecular formula is C12H29B3Fe. The molecule has 0 bridgehead atoms. The van der Waals surface area contributed by atoms with Gasteiger partial charge in [-0.3, -0.25) is 0 Å². The Kier molecular flexibility index (Phi) is 4.88. The third-order valence-electron chi connectivity index (χ3n) is 2.56. The van der Waals surface area contributed by atoms with E-state index < -0.39 is 10.7 Å². The summed E-state index contributed by atoms with van der Waals surface area (Å²) in [5, 5.41) is 0. The van der Waals surface area contributed by atoms with Gasteiger partial charge in [-0.05, 0) is 0 Å². The number of rotatable bonds is 3. The number of hydrogen-bond donors (Lipinski definition) is 0. The van der Waals surface area contributed by atoms with Crippen molar-refractivity contribution in [2.45, 2.75) is 48.8 Å². The molecule has 0 unspecified atom stereocenters. The molecule has 0 aromatic heterocycles. The van der Waals surface area contributed by atoms with E-state index in [-0.39, 0.29) is 0 Å². The van der Waals surface area contributed by atoms with Gasteiger partial charge in [-0.25, -0.2) is 0 Å². The molecule has 0 nitrogen and oxygen atoms in total. The third kappa shape index (κ3) is 6.71. The van der Waals surface area contributed by atoms with E-state index in [4.69, 9.17) is 0 Å². The van der Waals surface area contributed by atoms with Gasteiger partial charge in [0.2, 0.25) is 0 Å². The summed E-state index contributed by atoms with van der Waals surface area (Å²) < 4.78 is 1.66. The topological polar surface area (TPSA) is 0 Å². The maximum atomic E-state index is 2.44. The minimum atomic E-state index is -2.13. The monoisotopic (exact) mass is 262 g/mol. The quantitative estimate of drug-likeness (QED) is 0.685. The molecule has 4 heteroatoms. The zero-order valence-corrected chi connectivity index (χ0v) is 13.5. The second-order valence-electron chi connectivity index (χ2n) is 7.00. The molecule has 0 saturated heterocycles. The molecule has 94 valence electrons. The predicted molar refractivity (Wildman–Crippen MR) is 84.5 cm³/mol. The summed E-state index contributed by atoms with van der Waals surface area (Å²) in [5.41, 5.74) is 0. The van der Waals surface area contributed by atoms with Crippen LogP contribution in [0.25, 0.3) is 0 Å². The molecule has 0 N–H and O–H groups in total. The van der Waals surface area contributed by atoms with Crippen LogP contribution in [0.3, 0.4) is 0 Å². The normalized spacial score (nSPS) is 18.8. The van der Waals surface area contributed by atoms with Crippen molar-refractivity contribution in [3.8, 4) is 0 Å². The van der Waals surface area contributed by atoms with Crippen molar-refractivity contribution >= 4 is 22.0 Å². The molecule has 0 saturated carbocycles. The van der Waals surface area contributed by atoms with Gasteiger partial charge in [0.1, 0.15) is 0 Å². The molecule has 0 aromatic carbocycles. The van der Waals surface area contributed by atoms with Crippen LogP contribution in [0.4, 0.5) is 0 Å². The molecule has 0 amide bonds. The number of allylic oxidation sites excluding steroid dienone is 4. The van der Waals surface area contributed by atoms with E-state index in [1.165, 1.54) is 27.0 Å². The van der Waals surface area contributed by atoms with E-state index in [9.17, 15) is 0 Å². The molecule has 0 radical (unpaired) electrons. The van der Waals surface area contributed by atoms with E-state index in [0.29, 0.717) is 0 Å². The van der Waals surface area contributed by atoms with Crippen molar-refractivity contribution < 1.29 is 10.7 Å². The molecule has 0 aromatic rings. The summed E-state index contributed by atoms with van der Waals surface area (Å²) in [4.78, 5) is 0. The predicted octanol–water partition coefficient (Wildman–Crippen LogP) is 3.06. The van der Waals surface area contributed by atoms with E-state index in [0.717, 1.165) is 0 Å². The molecule has 0 atom stereocenters. The molecule has 0 aliphatic heterocycles. The Hall–Kier alpha value is 0.194. The number of hydrogen-bond acceptors (Lipinski definition) is 0. The standard InChI is InChI=1S/C5H5.C2H9B3.5CH3.Fe/c1-2-4-5-3-1;1-2-4-5-3;;;;;;/h1-3H,4H2;4-5H,2-3H2,1H3;5*1H3;. The van der Waals surface area contributed by atoms with E-state index >= 15 is 0 Å². The fourth-order valence-corrected chi connectivity index (χ4v) is 3.71. The van der Waals surface area contributed by atoms with Gasteiger partial charge in [0.05, 0.1) is 22.0 Å². The average Bonchev–Trinajstić information content (AvgIpc) is 2.54. The molecular weight excluding hydrogens is 232 g/mol. The van der Waals surface area contributed by atoms with Crippen molar-refractivity contribution in [2.24, 2.45) is 0 Å². The fraction of sp³-hybridized carbons (Fsp3) is 0.667. The van der Waals surface area contributed by atoms with Crippen molar-refractivity contribution in [2.75, 3.05) is 0 Å². The first-order chi connectivity index (χ1) is 7.01. The van der Waals surface area contributed by atoms with Crippen LogP contribution >= 0.6 is 0 Å². The van der Waals surface area contributed by atoms with Gasteiger partial charge in [-0.2, -0.15) is 0 Å². The van der Waals surface area contributed by atoms with Gasteiger partial charge >= 0.3 is 69.0 Å². The van der Waals surface area contributed by atoms with Crippen LogP contribution in [0.1, 0.15) is 13.3 Å². The summed E-state index contributed by atoms with van der Waals surface area (Å²) in [6.45, 7) is 2.21. The first kappa shape index (κ1) is 16.2. The zero-order chi connectivity index (χ0) is 12.9. The van der Waals surface area contributed by atoms with E-state index in [1.54, 1.807) is 4.47 Å². The first-order valence-corrected chi connectivity index (χ1v) is 12.1. The van der Waals surface area contributed by atoms with E-state index in [2.05, 4.69) is 62.0 Å². The van der Waals surface area contributed by atoms with Crippen molar-refractivity contribution in [1.29, 1.82) is 0 Å². The molecule has 1 rings (SSSR count). The summed E-state index contributed by atoms with van der Waals surface area (Å²) in [6, 6.07) is 0. The second kappa shape index (κ2) is 4.82. The van der Waals surface area contributed by atoms with Crippen LogP contribution in [0, 0.1) is 0 Å². The Morgan fingerprint density at radius 2 is 1.81 bits per heavy atom. The Labute approximate surface area is 104 Å². The van der Waals surface area contributed by atoms with Gasteiger partial charge in [0.15, 0.2) is 0 Å². The average molecular weight is 262 g/mol. The van der Waals surface area contributed by atoms with Crippen LogP contribution in [-0.4, -0.2) is 22.0 Å². The van der Waals surface area contributed by atoms with Crippen LogP contribution in [-0.2, 0) is 10.7 Å². The molecule has 0 fully saturated rings. The Balaban J connectivity index is 0.000000385. The van der Waals surface area contributed by atoms with Crippen LogP contribution in [0.15, 0.2) is 22.7 Å². The van der Waals surface area contributed by atoms with Crippen LogP contribution in [0.2, 0.25) is 35.4 Å². The van der Waals surface area contributed by atoms with Gasteiger partial charge < -0.3 is 0 Å². The zero-order valence-electron chi connectivity index (χ0n) is 12.4. The first-order valence-electron chi connectivity index (χ1n) is 6.08. The van der Waals surface area contributed by atoms with Crippen molar-refractivity contribution in [1.82, 2.24) is 0 Å². The van der Waals surface area contributed by atoms with Crippen LogP contribution in [0.5, 0.6) is 0 Å². The SMILES string of the molecule is BBBCC.[CH3][Fe]([CH3])([CH3])([CH3])([CH3])[C]1=CC=CC1. The Morgan fingerprint density at radius 1 is 1.25 bits per heavy atom. The van der Waals surface area contributed by atoms with Gasteiger partial charge in [0, 0.05) is 0 Å². The van der Waals surface area contributed by atoms with Crippen molar-refractivity contribution in [3.05, 3.63) is 22.7 Å². The van der Waals surface area contributed by atoms with Crippen LogP contribution < -0.4 is 0 Å². The summed E-state index contributed by atoms with van der Waals surface area (Å²) in [5.74, 6) is 12.2. The minimum absolute atomic E-state index is 1.18. The molecule has 0 spiro atoms. The Morgan fingerprint density at radius 3 is 1.94 bits per heavy atom. The fourth-order valence-electron chi connectivity index (χ4n) is 1.42. The summed E-state index contributed by atoms with van der Waals surface area (Å²) in [7, 11) is 2.81. The molecule has 1 aliphatic rings.